The molecular formula is C31H45N3O8. The van der Waals surface area contributed by atoms with Gasteiger partial charge in [0.15, 0.2) is 17.3 Å². The minimum atomic E-state index is -1.08. The number of ether oxygens (including phenoxy) is 2. The van der Waals surface area contributed by atoms with Crippen molar-refractivity contribution in [2.45, 2.75) is 108 Å². The molecule has 2 aliphatic carbocycles. The van der Waals surface area contributed by atoms with E-state index in [4.69, 9.17) is 9.47 Å². The Balaban J connectivity index is 1.47. The maximum absolute atomic E-state index is 13.7. The molecule has 2 saturated carbocycles. The van der Waals surface area contributed by atoms with E-state index in [1.54, 1.807) is 26.0 Å². The Morgan fingerprint density at radius 2 is 1.64 bits per heavy atom. The Kier molecular flexibility index (Phi) is 10.5. The van der Waals surface area contributed by atoms with Gasteiger partial charge in [-0.05, 0) is 69.6 Å². The number of carbonyl (C=O) groups excluding carboxylic acids is 4. The number of aromatic hydroxyl groups is 1. The zero-order chi connectivity index (χ0) is 30.4. The third-order valence-corrected chi connectivity index (χ3v) is 8.91. The molecule has 1 aliphatic heterocycles. The van der Waals surface area contributed by atoms with Crippen LogP contribution in [0.1, 0.15) is 77.2 Å². The molecule has 1 saturated heterocycles. The van der Waals surface area contributed by atoms with Crippen molar-refractivity contribution in [3.8, 4) is 11.5 Å². The van der Waals surface area contributed by atoms with Crippen LogP contribution in [-0.4, -0.2) is 77.3 Å². The fourth-order valence-electron chi connectivity index (χ4n) is 6.04. The normalized spacial score (nSPS) is 26.0. The summed E-state index contributed by atoms with van der Waals surface area (Å²) in [7, 11) is 1.43. The fourth-order valence-corrected chi connectivity index (χ4v) is 6.04. The number of ketones is 1. The summed E-state index contributed by atoms with van der Waals surface area (Å²) in [5, 5.41) is 28.4. The standard InChI is InChI=1S/C31H45N3O8/c1-18(32-29(39)21-9-11-22(35)12-10-21)28(38)34-24(15-20-8-13-26(41-3)25(36)16-20)30(40)33-23(14-19-6-4-5-7-19)27(37)31(2)17-42-31/h8,13,16,18-19,21-24,35-36H,4-7,9-12,14-15,17H2,1-3H3,(H,32,39)(H,33,40)(H,34,38)/t18-,21-,22-,23-,24-,31+/m0/s1. The molecule has 0 bridgehead atoms. The van der Waals surface area contributed by atoms with Crippen LogP contribution in [0.2, 0.25) is 0 Å². The van der Waals surface area contributed by atoms with Crippen molar-refractivity contribution in [3.05, 3.63) is 23.8 Å². The number of aliphatic hydroxyl groups is 1. The number of hydrogen-bond donors (Lipinski definition) is 5. The Bertz CT molecular complexity index is 1140. The minimum Gasteiger partial charge on any atom is -0.504 e. The van der Waals surface area contributed by atoms with Crippen LogP contribution in [0.4, 0.5) is 0 Å². The third kappa shape index (κ3) is 8.22. The zero-order valence-electron chi connectivity index (χ0n) is 24.8. The number of phenolic OH excluding ortho intramolecular Hbond substituents is 1. The molecule has 3 fully saturated rings. The van der Waals surface area contributed by atoms with Crippen LogP contribution in [0, 0.1) is 11.8 Å². The average Bonchev–Trinajstić information content (AvgIpc) is 3.50. The van der Waals surface area contributed by atoms with Gasteiger partial charge in [0, 0.05) is 12.3 Å². The lowest BCUT2D eigenvalue weighted by molar-refractivity contribution is -0.135. The number of amides is 3. The number of phenols is 1. The quantitative estimate of drug-likeness (QED) is 0.218. The number of carbonyl (C=O) groups is 4. The number of epoxide rings is 1. The predicted octanol–water partition coefficient (Wildman–Crippen LogP) is 1.91. The van der Waals surface area contributed by atoms with Crippen molar-refractivity contribution in [3.63, 3.8) is 0 Å². The molecule has 1 aromatic carbocycles. The van der Waals surface area contributed by atoms with E-state index in [9.17, 15) is 29.4 Å². The van der Waals surface area contributed by atoms with E-state index in [1.165, 1.54) is 13.2 Å². The van der Waals surface area contributed by atoms with Crippen molar-refractivity contribution in [2.75, 3.05) is 13.7 Å². The van der Waals surface area contributed by atoms with Gasteiger partial charge in [0.2, 0.25) is 17.7 Å². The molecule has 1 heterocycles. The van der Waals surface area contributed by atoms with Crippen LogP contribution in [-0.2, 0) is 30.3 Å². The van der Waals surface area contributed by atoms with E-state index >= 15 is 0 Å². The van der Waals surface area contributed by atoms with Gasteiger partial charge in [0.05, 0.1) is 25.9 Å². The highest BCUT2D eigenvalue weighted by Gasteiger charge is 2.50. The molecule has 4 rings (SSSR count). The summed E-state index contributed by atoms with van der Waals surface area (Å²) in [6.45, 7) is 3.59. The predicted molar refractivity (Wildman–Crippen MR) is 154 cm³/mol. The summed E-state index contributed by atoms with van der Waals surface area (Å²) in [6.07, 6.45) is 6.52. The molecule has 0 aromatic heterocycles. The smallest absolute Gasteiger partial charge is 0.243 e. The van der Waals surface area contributed by atoms with Gasteiger partial charge in [-0.1, -0.05) is 31.7 Å². The molecule has 3 aliphatic rings. The molecule has 4 atom stereocenters. The molecule has 5 N–H and O–H groups in total. The number of hydrogen-bond acceptors (Lipinski definition) is 8. The van der Waals surface area contributed by atoms with Crippen molar-refractivity contribution in [2.24, 2.45) is 11.8 Å². The number of aliphatic hydroxyl groups excluding tert-OH is 1. The summed E-state index contributed by atoms with van der Waals surface area (Å²) in [6, 6.07) is 1.97. The minimum absolute atomic E-state index is 0.0361. The number of benzene rings is 1. The summed E-state index contributed by atoms with van der Waals surface area (Å²) >= 11 is 0. The zero-order valence-corrected chi connectivity index (χ0v) is 24.8. The Hall–Kier alpha value is -3.18. The van der Waals surface area contributed by atoms with Crippen molar-refractivity contribution < 1.29 is 38.9 Å². The number of rotatable bonds is 13. The fraction of sp³-hybridized carbons (Fsp3) is 0.677. The summed E-state index contributed by atoms with van der Waals surface area (Å²) in [5.41, 5.74) is -0.340. The molecule has 0 spiro atoms. The van der Waals surface area contributed by atoms with Crippen LogP contribution in [0.15, 0.2) is 18.2 Å². The topological polar surface area (TPSA) is 167 Å². The number of methoxy groups -OCH3 is 1. The molecular weight excluding hydrogens is 542 g/mol. The second-order valence-corrected chi connectivity index (χ2v) is 12.3. The molecule has 0 unspecified atom stereocenters. The Morgan fingerprint density at radius 3 is 2.24 bits per heavy atom. The SMILES string of the molecule is COc1ccc(C[C@H](NC(=O)[C@H](C)NC(=O)[C@H]2CC[C@H](O)CC2)C(=O)N[C@@H](CC2CCCC2)C(=O)[C@@]2(C)CO2)cc1O. The first-order valence-electron chi connectivity index (χ1n) is 15.1. The van der Waals surface area contributed by atoms with Crippen molar-refractivity contribution in [1.82, 2.24) is 16.0 Å². The molecule has 3 amide bonds. The van der Waals surface area contributed by atoms with E-state index in [-0.39, 0.29) is 35.5 Å². The van der Waals surface area contributed by atoms with Gasteiger partial charge in [0.1, 0.15) is 17.7 Å². The van der Waals surface area contributed by atoms with Gasteiger partial charge < -0.3 is 35.6 Å². The van der Waals surface area contributed by atoms with E-state index in [0.717, 1.165) is 25.7 Å². The first-order chi connectivity index (χ1) is 20.0. The number of nitrogens with one attached hydrogen (secondary N) is 3. The Labute approximate surface area is 247 Å². The van der Waals surface area contributed by atoms with Gasteiger partial charge in [-0.3, -0.25) is 19.2 Å². The van der Waals surface area contributed by atoms with Gasteiger partial charge in [-0.25, -0.2) is 0 Å². The second-order valence-electron chi connectivity index (χ2n) is 12.3. The van der Waals surface area contributed by atoms with Gasteiger partial charge in [0.25, 0.3) is 0 Å². The lowest BCUT2D eigenvalue weighted by Gasteiger charge is -2.28. The lowest BCUT2D eigenvalue weighted by Crippen LogP contribution is -2.57. The largest absolute Gasteiger partial charge is 0.504 e. The maximum atomic E-state index is 13.7. The van der Waals surface area contributed by atoms with E-state index < -0.39 is 41.6 Å². The molecule has 42 heavy (non-hydrogen) atoms. The van der Waals surface area contributed by atoms with E-state index in [1.807, 2.05) is 0 Å². The van der Waals surface area contributed by atoms with E-state index in [0.29, 0.717) is 50.2 Å². The van der Waals surface area contributed by atoms with Gasteiger partial charge in [-0.15, -0.1) is 0 Å². The monoisotopic (exact) mass is 587 g/mol. The van der Waals surface area contributed by atoms with Crippen molar-refractivity contribution >= 4 is 23.5 Å². The molecule has 1 aromatic rings. The van der Waals surface area contributed by atoms with Gasteiger partial charge in [-0.2, -0.15) is 0 Å². The molecule has 0 radical (unpaired) electrons. The lowest BCUT2D eigenvalue weighted by atomic mass is 9.87. The Morgan fingerprint density at radius 1 is 1.00 bits per heavy atom. The van der Waals surface area contributed by atoms with Crippen LogP contribution in [0.25, 0.3) is 0 Å². The second kappa shape index (κ2) is 13.9. The van der Waals surface area contributed by atoms with Crippen molar-refractivity contribution in [1.29, 1.82) is 0 Å². The van der Waals surface area contributed by atoms with Gasteiger partial charge >= 0.3 is 0 Å². The first kappa shape index (κ1) is 31.7. The molecule has 11 heteroatoms. The maximum Gasteiger partial charge on any atom is 0.243 e. The van der Waals surface area contributed by atoms with E-state index in [2.05, 4.69) is 16.0 Å². The summed E-state index contributed by atoms with van der Waals surface area (Å²) < 4.78 is 10.5. The first-order valence-corrected chi connectivity index (χ1v) is 15.1. The van der Waals surface area contributed by atoms with Crippen LogP contribution in [0.3, 0.4) is 0 Å². The summed E-state index contributed by atoms with van der Waals surface area (Å²) in [4.78, 5) is 53.1. The molecule has 232 valence electrons. The third-order valence-electron chi connectivity index (χ3n) is 8.91. The highest BCUT2D eigenvalue weighted by molar-refractivity contribution is 5.98. The highest BCUT2D eigenvalue weighted by Crippen LogP contribution is 2.34. The van der Waals surface area contributed by atoms with Crippen LogP contribution >= 0.6 is 0 Å². The highest BCUT2D eigenvalue weighted by atomic mass is 16.6. The van der Waals surface area contributed by atoms with Crippen LogP contribution < -0.4 is 20.7 Å². The average molecular weight is 588 g/mol. The van der Waals surface area contributed by atoms with Crippen LogP contribution in [0.5, 0.6) is 11.5 Å². The molecule has 11 nitrogen and oxygen atoms in total. The summed E-state index contributed by atoms with van der Waals surface area (Å²) in [5.74, 6) is -1.30. The number of Topliss-reactive ketones (excluding diaryl/α,β-unsaturated/α-hetero) is 1.